The van der Waals surface area contributed by atoms with E-state index in [0.29, 0.717) is 30.5 Å². The molecule has 5 atom stereocenters. The standard InChI is InChI=1S/C20H26O3Se/c1-22-13-23-17-9-10-20-12-14(17)11-15(20)7-8-18(19(20)21)24-16-5-3-2-4-6-16/h2-6,14-15,17-18H,7-13H2,1H3/t14?,15-,17?,18?,20-/m0/s1. The molecule has 0 saturated heterocycles. The normalized spacial score (nSPS) is 38.1. The first-order valence-electron chi connectivity index (χ1n) is 9.09. The quantitative estimate of drug-likeness (QED) is 0.570. The molecule has 4 heteroatoms. The number of carbonyl (C=O) groups excluding carboxylic acids is 1. The summed E-state index contributed by atoms with van der Waals surface area (Å²) in [5.41, 5.74) is -0.0168. The first-order chi connectivity index (χ1) is 11.7. The minimum absolute atomic E-state index is 0.0168. The Morgan fingerprint density at radius 2 is 2.04 bits per heavy atom. The fourth-order valence-corrected chi connectivity index (χ4v) is 7.91. The predicted molar refractivity (Wildman–Crippen MR) is 94.5 cm³/mol. The Hall–Kier alpha value is -0.671. The molecule has 0 N–H and O–H groups in total. The van der Waals surface area contributed by atoms with Crippen molar-refractivity contribution in [1.82, 2.24) is 0 Å². The third kappa shape index (κ3) is 2.88. The molecule has 130 valence electrons. The molecule has 0 heterocycles. The van der Waals surface area contributed by atoms with Crippen LogP contribution in [0.15, 0.2) is 30.3 Å². The van der Waals surface area contributed by atoms with Gasteiger partial charge in [0.25, 0.3) is 0 Å². The summed E-state index contributed by atoms with van der Waals surface area (Å²) < 4.78 is 12.3. The molecule has 3 unspecified atom stereocenters. The van der Waals surface area contributed by atoms with Gasteiger partial charge in [0.05, 0.1) is 0 Å². The number of methoxy groups -OCH3 is 1. The fourth-order valence-electron chi connectivity index (χ4n) is 5.31. The zero-order chi connectivity index (χ0) is 16.6. The zero-order valence-electron chi connectivity index (χ0n) is 14.3. The van der Waals surface area contributed by atoms with Gasteiger partial charge in [0.1, 0.15) is 0 Å². The van der Waals surface area contributed by atoms with Crippen molar-refractivity contribution < 1.29 is 14.3 Å². The molecule has 3 nitrogen and oxygen atoms in total. The van der Waals surface area contributed by atoms with Crippen molar-refractivity contribution in [3.8, 4) is 0 Å². The molecule has 1 aromatic carbocycles. The van der Waals surface area contributed by atoms with Crippen molar-refractivity contribution in [3.63, 3.8) is 0 Å². The van der Waals surface area contributed by atoms with Crippen LogP contribution in [-0.2, 0) is 14.3 Å². The summed E-state index contributed by atoms with van der Waals surface area (Å²) in [4.78, 5) is 13.7. The topological polar surface area (TPSA) is 35.5 Å². The molecule has 24 heavy (non-hydrogen) atoms. The van der Waals surface area contributed by atoms with Gasteiger partial charge in [-0.15, -0.1) is 0 Å². The van der Waals surface area contributed by atoms with Crippen molar-refractivity contribution in [2.24, 2.45) is 17.3 Å². The van der Waals surface area contributed by atoms with Crippen LogP contribution in [0, 0.1) is 17.3 Å². The fraction of sp³-hybridized carbons (Fsp3) is 0.650. The molecular formula is C20H26O3Se. The third-order valence-corrected chi connectivity index (χ3v) is 9.06. The molecule has 3 fully saturated rings. The minimum atomic E-state index is -0.0168. The maximum absolute atomic E-state index is 13.4. The van der Waals surface area contributed by atoms with E-state index in [0.717, 1.165) is 25.7 Å². The Morgan fingerprint density at radius 1 is 1.21 bits per heavy atom. The van der Waals surface area contributed by atoms with Crippen LogP contribution >= 0.6 is 0 Å². The second-order valence-corrected chi connectivity index (χ2v) is 10.2. The van der Waals surface area contributed by atoms with Crippen molar-refractivity contribution >= 4 is 25.2 Å². The van der Waals surface area contributed by atoms with Gasteiger partial charge >= 0.3 is 150 Å². The summed E-state index contributed by atoms with van der Waals surface area (Å²) in [6, 6.07) is 10.6. The molecule has 1 spiro atoms. The average Bonchev–Trinajstić information content (AvgIpc) is 2.92. The van der Waals surface area contributed by atoms with Gasteiger partial charge in [-0.2, -0.15) is 0 Å². The summed E-state index contributed by atoms with van der Waals surface area (Å²) in [5.74, 6) is 1.76. The number of rotatable bonds is 5. The van der Waals surface area contributed by atoms with E-state index in [4.69, 9.17) is 9.47 Å². The second-order valence-electron chi connectivity index (χ2n) is 7.56. The SMILES string of the molecule is COCOC1CC[C@]23CC1C[C@@H]2CCC([Se]c1ccccc1)C3=O. The molecule has 0 aromatic heterocycles. The van der Waals surface area contributed by atoms with E-state index in [1.54, 1.807) is 7.11 Å². The van der Waals surface area contributed by atoms with Crippen LogP contribution in [0.3, 0.4) is 0 Å². The van der Waals surface area contributed by atoms with E-state index in [-0.39, 0.29) is 25.2 Å². The molecule has 1 aromatic rings. The van der Waals surface area contributed by atoms with Gasteiger partial charge in [0.2, 0.25) is 0 Å². The van der Waals surface area contributed by atoms with Crippen LogP contribution in [0.5, 0.6) is 0 Å². The van der Waals surface area contributed by atoms with E-state index >= 15 is 0 Å². The molecule has 4 rings (SSSR count). The van der Waals surface area contributed by atoms with Gasteiger partial charge < -0.3 is 0 Å². The summed E-state index contributed by atoms with van der Waals surface area (Å²) in [6.07, 6.45) is 6.93. The Balaban J connectivity index is 1.48. The van der Waals surface area contributed by atoms with E-state index in [1.807, 2.05) is 0 Å². The monoisotopic (exact) mass is 394 g/mol. The van der Waals surface area contributed by atoms with Crippen molar-refractivity contribution in [2.75, 3.05) is 13.9 Å². The molecule has 0 amide bonds. The molecule has 3 aliphatic rings. The summed E-state index contributed by atoms with van der Waals surface area (Å²) >= 11 is 0.277. The second kappa shape index (κ2) is 6.91. The Kier molecular flexibility index (Phi) is 4.83. The first-order valence-corrected chi connectivity index (χ1v) is 10.9. The van der Waals surface area contributed by atoms with E-state index in [9.17, 15) is 4.79 Å². The van der Waals surface area contributed by atoms with Gasteiger partial charge in [0, 0.05) is 0 Å². The molecule has 0 radical (unpaired) electrons. The first kappa shape index (κ1) is 16.8. The van der Waals surface area contributed by atoms with Crippen LogP contribution in [0.2, 0.25) is 4.82 Å². The van der Waals surface area contributed by atoms with Crippen LogP contribution < -0.4 is 4.46 Å². The van der Waals surface area contributed by atoms with Crippen LogP contribution in [0.4, 0.5) is 0 Å². The van der Waals surface area contributed by atoms with Gasteiger partial charge in [-0.1, -0.05) is 0 Å². The third-order valence-electron chi connectivity index (χ3n) is 6.38. The maximum atomic E-state index is 13.4. The number of hydrogen-bond donors (Lipinski definition) is 0. The van der Waals surface area contributed by atoms with E-state index in [1.165, 1.54) is 17.3 Å². The van der Waals surface area contributed by atoms with Crippen molar-refractivity contribution in [2.45, 2.75) is 49.4 Å². The number of carbonyl (C=O) groups is 1. The van der Waals surface area contributed by atoms with Crippen LogP contribution in [0.1, 0.15) is 38.5 Å². The summed E-state index contributed by atoms with van der Waals surface area (Å²) in [7, 11) is 1.68. The van der Waals surface area contributed by atoms with Crippen LogP contribution in [-0.4, -0.2) is 40.7 Å². The van der Waals surface area contributed by atoms with Gasteiger partial charge in [-0.25, -0.2) is 0 Å². The predicted octanol–water partition coefficient (Wildman–Crippen LogP) is 2.96. The van der Waals surface area contributed by atoms with Gasteiger partial charge in [-0.3, -0.25) is 0 Å². The number of ether oxygens (including phenoxy) is 2. The van der Waals surface area contributed by atoms with Gasteiger partial charge in [0.15, 0.2) is 0 Å². The average molecular weight is 393 g/mol. The van der Waals surface area contributed by atoms with Crippen LogP contribution in [0.25, 0.3) is 0 Å². The molecule has 0 aliphatic heterocycles. The van der Waals surface area contributed by atoms with E-state index in [2.05, 4.69) is 30.3 Å². The zero-order valence-corrected chi connectivity index (χ0v) is 16.0. The number of hydrogen-bond acceptors (Lipinski definition) is 3. The molecular weight excluding hydrogens is 367 g/mol. The Morgan fingerprint density at radius 3 is 2.83 bits per heavy atom. The summed E-state index contributed by atoms with van der Waals surface area (Å²) in [6.45, 7) is 0.381. The van der Waals surface area contributed by atoms with E-state index < -0.39 is 0 Å². The summed E-state index contributed by atoms with van der Waals surface area (Å²) in [5, 5.41) is 0. The molecule has 3 aliphatic carbocycles. The number of fused-ring (bicyclic) bond motifs is 1. The molecule has 3 saturated carbocycles. The van der Waals surface area contributed by atoms with Gasteiger partial charge in [-0.05, 0) is 0 Å². The number of benzene rings is 1. The number of Topliss-reactive ketones (excluding diaryl/α,β-unsaturated/α-hetero) is 1. The van der Waals surface area contributed by atoms with Crippen molar-refractivity contribution in [1.29, 1.82) is 0 Å². The Labute approximate surface area is 150 Å². The number of ketones is 1. The van der Waals surface area contributed by atoms with Crippen molar-refractivity contribution in [3.05, 3.63) is 30.3 Å². The molecule has 2 bridgehead atoms. The Bertz CT molecular complexity index is 590.